The molecule has 3 amide bonds. The number of carbonyl (C=O) groups is 3. The van der Waals surface area contributed by atoms with Crippen LogP contribution >= 0.6 is 0 Å². The summed E-state index contributed by atoms with van der Waals surface area (Å²) in [5.74, 6) is -0.663. The fourth-order valence-electron chi connectivity index (χ4n) is 5.30. The molecule has 180 valence electrons. The van der Waals surface area contributed by atoms with E-state index in [9.17, 15) is 14.4 Å². The van der Waals surface area contributed by atoms with Gasteiger partial charge < -0.3 is 10.6 Å². The van der Waals surface area contributed by atoms with Gasteiger partial charge in [0.2, 0.25) is 11.8 Å². The van der Waals surface area contributed by atoms with Gasteiger partial charge in [0.15, 0.2) is 0 Å². The van der Waals surface area contributed by atoms with Crippen molar-refractivity contribution in [2.75, 3.05) is 5.32 Å². The molecular weight excluding hydrogens is 440 g/mol. The molecule has 1 fully saturated rings. The molecule has 7 nitrogen and oxygen atoms in total. The maximum absolute atomic E-state index is 13.9. The summed E-state index contributed by atoms with van der Waals surface area (Å²) in [6.07, 6.45) is 3.18. The van der Waals surface area contributed by atoms with Gasteiger partial charge in [-0.3, -0.25) is 19.3 Å². The lowest BCUT2D eigenvalue weighted by Gasteiger charge is -2.32. The minimum atomic E-state index is -0.945. The monoisotopic (exact) mass is 471 g/mol. The normalized spacial score (nSPS) is 23.9. The minimum absolute atomic E-state index is 0.151. The SMILES string of the molecule is C#[N+][C@@H]1C[C@]2(C(=O)Nc3ccccc32)C(C)N1C(=O)[C@H](CC(C)C)NC(=O)/C=C/c1ccccc1. The van der Waals surface area contributed by atoms with Crippen LogP contribution in [0.1, 0.15) is 44.7 Å². The summed E-state index contributed by atoms with van der Waals surface area (Å²) in [6, 6.07) is 15.7. The first-order valence-electron chi connectivity index (χ1n) is 11.9. The van der Waals surface area contributed by atoms with E-state index in [4.69, 9.17) is 6.57 Å². The molecule has 2 N–H and O–H groups in total. The number of para-hydroxylation sites is 1. The number of nitrogens with one attached hydrogen (secondary N) is 2. The van der Waals surface area contributed by atoms with Crippen molar-refractivity contribution in [1.29, 1.82) is 0 Å². The summed E-state index contributed by atoms with van der Waals surface area (Å²) >= 11 is 0. The van der Waals surface area contributed by atoms with Gasteiger partial charge in [-0.05, 0) is 42.5 Å². The van der Waals surface area contributed by atoms with Crippen molar-refractivity contribution >= 4 is 29.5 Å². The number of amides is 3. The molecule has 2 aliphatic heterocycles. The lowest BCUT2D eigenvalue weighted by molar-refractivity contribution is -0.138. The van der Waals surface area contributed by atoms with E-state index in [1.807, 2.05) is 75.4 Å². The lowest BCUT2D eigenvalue weighted by atomic mass is 9.75. The number of hydrogen-bond donors (Lipinski definition) is 2. The molecule has 2 aromatic carbocycles. The van der Waals surface area contributed by atoms with Crippen LogP contribution in [0, 0.1) is 12.5 Å². The Balaban J connectivity index is 1.60. The van der Waals surface area contributed by atoms with Crippen molar-refractivity contribution in [3.8, 4) is 6.57 Å². The molecule has 0 bridgehead atoms. The molecular formula is C28H31N4O3+. The molecule has 2 heterocycles. The maximum Gasteiger partial charge on any atom is 0.351 e. The van der Waals surface area contributed by atoms with Crippen LogP contribution in [0.15, 0.2) is 60.7 Å². The zero-order chi connectivity index (χ0) is 25.2. The molecule has 0 saturated carbocycles. The molecule has 1 unspecified atom stereocenters. The fourth-order valence-corrected chi connectivity index (χ4v) is 5.30. The molecule has 0 aliphatic carbocycles. The Morgan fingerprint density at radius 3 is 2.57 bits per heavy atom. The van der Waals surface area contributed by atoms with E-state index in [2.05, 4.69) is 15.5 Å². The van der Waals surface area contributed by atoms with Crippen LogP contribution in [0.3, 0.4) is 0 Å². The standard InChI is InChI=1S/C28H30N4O3/c1-18(2)16-23(30-25(33)15-14-20-10-6-5-7-11-20)26(34)32-19(3)28(17-24(32)29-4)21-12-8-9-13-22(21)31-27(28)35/h4-15,18-19,23-24H,16-17H2,1-3H3,(H-,30,31,33,35)/p+1/b15-14+/t19?,23-,24-,28-/m0/s1. The Hall–Kier alpha value is -3.92. The molecule has 4 atom stereocenters. The smallest absolute Gasteiger partial charge is 0.341 e. The van der Waals surface area contributed by atoms with E-state index >= 15 is 0 Å². The average molecular weight is 472 g/mol. The van der Waals surface area contributed by atoms with Gasteiger partial charge in [0.1, 0.15) is 11.5 Å². The third kappa shape index (κ3) is 4.44. The number of carbonyl (C=O) groups excluding carboxylic acids is 3. The Bertz CT molecular complexity index is 1200. The van der Waals surface area contributed by atoms with E-state index in [0.717, 1.165) is 16.8 Å². The average Bonchev–Trinajstić information content (AvgIpc) is 3.31. The van der Waals surface area contributed by atoms with Crippen LogP contribution in [0.4, 0.5) is 5.69 Å². The summed E-state index contributed by atoms with van der Waals surface area (Å²) in [6.45, 7) is 11.6. The van der Waals surface area contributed by atoms with Crippen molar-refractivity contribution in [1.82, 2.24) is 10.2 Å². The second-order valence-electron chi connectivity index (χ2n) is 9.66. The Morgan fingerprint density at radius 1 is 1.20 bits per heavy atom. The second kappa shape index (κ2) is 9.75. The Morgan fingerprint density at radius 2 is 1.89 bits per heavy atom. The fraction of sp³-hybridized carbons (Fsp3) is 0.357. The van der Waals surface area contributed by atoms with E-state index in [1.54, 1.807) is 11.0 Å². The number of anilines is 1. The third-order valence-corrected chi connectivity index (χ3v) is 6.99. The third-order valence-electron chi connectivity index (χ3n) is 6.99. The Kier molecular flexibility index (Phi) is 6.74. The number of nitrogens with zero attached hydrogens (tertiary/aromatic N) is 2. The van der Waals surface area contributed by atoms with Gasteiger partial charge in [-0.15, -0.1) is 0 Å². The van der Waals surface area contributed by atoms with E-state index < -0.39 is 23.7 Å². The summed E-state index contributed by atoms with van der Waals surface area (Å²) < 4.78 is 0. The highest BCUT2D eigenvalue weighted by molar-refractivity contribution is 6.08. The minimum Gasteiger partial charge on any atom is -0.341 e. The molecule has 7 heteroatoms. The molecule has 1 spiro atoms. The predicted octanol–water partition coefficient (Wildman–Crippen LogP) is 4.03. The van der Waals surface area contributed by atoms with E-state index in [0.29, 0.717) is 6.42 Å². The van der Waals surface area contributed by atoms with Crippen LogP contribution < -0.4 is 10.6 Å². The second-order valence-corrected chi connectivity index (χ2v) is 9.66. The highest BCUT2D eigenvalue weighted by atomic mass is 16.2. The zero-order valence-electron chi connectivity index (χ0n) is 20.3. The van der Waals surface area contributed by atoms with Crippen molar-refractivity contribution in [3.63, 3.8) is 0 Å². The predicted molar refractivity (Wildman–Crippen MR) is 137 cm³/mol. The van der Waals surface area contributed by atoms with Crippen molar-refractivity contribution in [2.24, 2.45) is 5.92 Å². The first-order valence-corrected chi connectivity index (χ1v) is 11.9. The van der Waals surface area contributed by atoms with Crippen molar-refractivity contribution in [2.45, 2.75) is 57.3 Å². The van der Waals surface area contributed by atoms with Crippen LogP contribution in [0.2, 0.25) is 0 Å². The molecule has 35 heavy (non-hydrogen) atoms. The van der Waals surface area contributed by atoms with Crippen LogP contribution in [0.5, 0.6) is 0 Å². The number of hydrogen-bond acceptors (Lipinski definition) is 3. The van der Waals surface area contributed by atoms with Crippen LogP contribution in [-0.2, 0) is 19.8 Å². The topological polar surface area (TPSA) is 82.9 Å². The largest absolute Gasteiger partial charge is 0.351 e. The number of rotatable bonds is 6. The van der Waals surface area contributed by atoms with Crippen LogP contribution in [-0.4, -0.2) is 40.9 Å². The number of fused-ring (bicyclic) bond motifs is 2. The van der Waals surface area contributed by atoms with Gasteiger partial charge in [-0.1, -0.05) is 67.2 Å². The summed E-state index contributed by atoms with van der Waals surface area (Å²) in [7, 11) is 0. The molecule has 4 rings (SSSR count). The molecule has 0 aromatic heterocycles. The molecule has 2 aromatic rings. The van der Waals surface area contributed by atoms with Gasteiger partial charge in [-0.25, -0.2) is 0 Å². The van der Waals surface area contributed by atoms with Gasteiger partial charge in [0.05, 0.1) is 12.5 Å². The highest BCUT2D eigenvalue weighted by Gasteiger charge is 2.64. The van der Waals surface area contributed by atoms with Gasteiger partial charge in [0.25, 0.3) is 12.5 Å². The van der Waals surface area contributed by atoms with E-state index in [-0.39, 0.29) is 30.1 Å². The van der Waals surface area contributed by atoms with Gasteiger partial charge in [0, 0.05) is 11.8 Å². The molecule has 1 saturated heterocycles. The number of benzene rings is 2. The zero-order valence-corrected chi connectivity index (χ0v) is 20.3. The quantitative estimate of drug-likeness (QED) is 0.624. The lowest BCUT2D eigenvalue weighted by Crippen LogP contribution is -2.54. The van der Waals surface area contributed by atoms with Crippen LogP contribution in [0.25, 0.3) is 10.9 Å². The first-order chi connectivity index (χ1) is 16.8. The summed E-state index contributed by atoms with van der Waals surface area (Å²) in [4.78, 5) is 45.4. The van der Waals surface area contributed by atoms with Crippen molar-refractivity contribution < 1.29 is 14.4 Å². The molecule has 2 aliphatic rings. The number of likely N-dealkylation sites (tertiary alicyclic amines) is 1. The van der Waals surface area contributed by atoms with Gasteiger partial charge in [-0.2, -0.15) is 0 Å². The first kappa shape index (κ1) is 24.2. The molecule has 0 radical (unpaired) electrons. The highest BCUT2D eigenvalue weighted by Crippen LogP contribution is 2.50. The maximum atomic E-state index is 13.9. The van der Waals surface area contributed by atoms with Crippen molar-refractivity contribution in [3.05, 3.63) is 76.6 Å². The Labute approximate surface area is 206 Å². The van der Waals surface area contributed by atoms with E-state index in [1.165, 1.54) is 6.08 Å². The summed E-state index contributed by atoms with van der Waals surface area (Å²) in [5.41, 5.74) is 1.53. The summed E-state index contributed by atoms with van der Waals surface area (Å²) in [5, 5.41) is 5.82. The van der Waals surface area contributed by atoms with Gasteiger partial charge >= 0.3 is 6.17 Å².